The Labute approximate surface area is 188 Å². The Morgan fingerprint density at radius 3 is 2.48 bits per heavy atom. The molecule has 0 aliphatic carbocycles. The van der Waals surface area contributed by atoms with Crippen molar-refractivity contribution in [3.05, 3.63) is 76.3 Å². The zero-order chi connectivity index (χ0) is 22.0. The standard InChI is InChI=1S/C22H19BrN2O5S/c1-14-12-15(6-8-18(14)23)24-22(26)17-4-2-3-5-19(17)25-31(27,28)16-7-9-20-21(13-16)30-11-10-29-20/h2-9,12-13,25H,10-11H2,1H3,(H,24,26). The first kappa shape index (κ1) is 21.2. The highest BCUT2D eigenvalue weighted by atomic mass is 79.9. The van der Waals surface area contributed by atoms with E-state index in [1.165, 1.54) is 18.2 Å². The minimum absolute atomic E-state index is 0.00972. The second-order valence-electron chi connectivity index (χ2n) is 6.87. The van der Waals surface area contributed by atoms with E-state index < -0.39 is 15.9 Å². The first-order chi connectivity index (χ1) is 14.8. The molecule has 0 saturated heterocycles. The summed E-state index contributed by atoms with van der Waals surface area (Å²) in [6, 6.07) is 16.2. The van der Waals surface area contributed by atoms with Gasteiger partial charge in [0, 0.05) is 16.2 Å². The molecule has 1 heterocycles. The van der Waals surface area contributed by atoms with E-state index in [0.29, 0.717) is 30.4 Å². The zero-order valence-corrected chi connectivity index (χ0v) is 18.9. The predicted molar refractivity (Wildman–Crippen MR) is 122 cm³/mol. The van der Waals surface area contributed by atoms with Crippen LogP contribution in [0.25, 0.3) is 0 Å². The summed E-state index contributed by atoms with van der Waals surface area (Å²) in [5, 5.41) is 2.80. The molecule has 0 bridgehead atoms. The summed E-state index contributed by atoms with van der Waals surface area (Å²) in [5.74, 6) is 0.433. The lowest BCUT2D eigenvalue weighted by Crippen LogP contribution is -2.19. The second kappa shape index (κ2) is 8.60. The molecule has 2 N–H and O–H groups in total. The topological polar surface area (TPSA) is 93.7 Å². The van der Waals surface area contributed by atoms with Crippen molar-refractivity contribution in [1.29, 1.82) is 0 Å². The number of para-hydroxylation sites is 1. The average molecular weight is 503 g/mol. The van der Waals surface area contributed by atoms with Crippen molar-refractivity contribution >= 4 is 43.2 Å². The third-order valence-corrected chi connectivity index (χ3v) is 6.91. The number of ether oxygens (including phenoxy) is 2. The number of carbonyl (C=O) groups is 1. The molecule has 0 fully saturated rings. The Bertz CT molecular complexity index is 1260. The number of hydrogen-bond donors (Lipinski definition) is 2. The van der Waals surface area contributed by atoms with E-state index in [1.807, 2.05) is 19.1 Å². The maximum atomic E-state index is 13.0. The number of halogens is 1. The molecule has 160 valence electrons. The molecule has 4 rings (SSSR count). The average Bonchev–Trinajstić information content (AvgIpc) is 2.76. The normalized spacial score (nSPS) is 12.8. The number of nitrogens with one attached hydrogen (secondary N) is 2. The van der Waals surface area contributed by atoms with Gasteiger partial charge in [0.05, 0.1) is 16.1 Å². The summed E-state index contributed by atoms with van der Waals surface area (Å²) in [6.45, 7) is 2.68. The molecule has 1 aliphatic heterocycles. The predicted octanol–water partition coefficient (Wildman–Crippen LogP) is 4.58. The van der Waals surface area contributed by atoms with Crippen LogP contribution in [0.15, 0.2) is 70.0 Å². The van der Waals surface area contributed by atoms with Crippen LogP contribution in [0.5, 0.6) is 11.5 Å². The largest absolute Gasteiger partial charge is 0.486 e. The van der Waals surface area contributed by atoms with Gasteiger partial charge in [0.1, 0.15) is 13.2 Å². The van der Waals surface area contributed by atoms with Gasteiger partial charge in [-0.1, -0.05) is 28.1 Å². The van der Waals surface area contributed by atoms with Gasteiger partial charge in [-0.25, -0.2) is 8.42 Å². The summed E-state index contributed by atoms with van der Waals surface area (Å²) < 4.78 is 40.3. The second-order valence-corrected chi connectivity index (χ2v) is 9.41. The van der Waals surface area contributed by atoms with E-state index in [4.69, 9.17) is 9.47 Å². The van der Waals surface area contributed by atoms with Crippen LogP contribution in [0.1, 0.15) is 15.9 Å². The summed E-state index contributed by atoms with van der Waals surface area (Å²) in [6.07, 6.45) is 0. The van der Waals surface area contributed by atoms with Gasteiger partial charge >= 0.3 is 0 Å². The molecule has 3 aromatic carbocycles. The van der Waals surface area contributed by atoms with Crippen molar-refractivity contribution in [2.75, 3.05) is 23.3 Å². The summed E-state index contributed by atoms with van der Waals surface area (Å²) in [4.78, 5) is 12.9. The molecule has 0 aromatic heterocycles. The van der Waals surface area contributed by atoms with Crippen molar-refractivity contribution in [3.8, 4) is 11.5 Å². The number of rotatable bonds is 5. The Morgan fingerprint density at radius 1 is 0.968 bits per heavy atom. The van der Waals surface area contributed by atoms with Gasteiger partial charge in [-0.15, -0.1) is 0 Å². The van der Waals surface area contributed by atoms with Gasteiger partial charge in [-0.2, -0.15) is 0 Å². The smallest absolute Gasteiger partial charge is 0.262 e. The number of benzene rings is 3. The number of hydrogen-bond acceptors (Lipinski definition) is 5. The Balaban J connectivity index is 1.59. The zero-order valence-electron chi connectivity index (χ0n) is 16.5. The summed E-state index contributed by atoms with van der Waals surface area (Å²) in [7, 11) is -3.96. The highest BCUT2D eigenvalue weighted by molar-refractivity contribution is 9.10. The molecular formula is C22H19BrN2O5S. The Kier molecular flexibility index (Phi) is 5.88. The van der Waals surface area contributed by atoms with Gasteiger partial charge in [-0.3, -0.25) is 9.52 Å². The fourth-order valence-corrected chi connectivity index (χ4v) is 4.43. The lowest BCUT2D eigenvalue weighted by atomic mass is 10.1. The lowest BCUT2D eigenvalue weighted by Gasteiger charge is -2.19. The minimum atomic E-state index is -3.96. The molecule has 0 atom stereocenters. The van der Waals surface area contributed by atoms with Gasteiger partial charge in [0.2, 0.25) is 0 Å². The monoisotopic (exact) mass is 502 g/mol. The minimum Gasteiger partial charge on any atom is -0.486 e. The van der Waals surface area contributed by atoms with Gasteiger partial charge < -0.3 is 14.8 Å². The fraction of sp³-hybridized carbons (Fsp3) is 0.136. The number of sulfonamides is 1. The number of anilines is 2. The van der Waals surface area contributed by atoms with Crippen molar-refractivity contribution in [2.24, 2.45) is 0 Å². The molecule has 0 saturated carbocycles. The fourth-order valence-electron chi connectivity index (χ4n) is 3.09. The van der Waals surface area contributed by atoms with Crippen molar-refractivity contribution in [1.82, 2.24) is 0 Å². The van der Waals surface area contributed by atoms with Crippen LogP contribution in [-0.2, 0) is 10.0 Å². The molecule has 0 spiro atoms. The van der Waals surface area contributed by atoms with E-state index in [2.05, 4.69) is 26.0 Å². The van der Waals surface area contributed by atoms with E-state index in [1.54, 1.807) is 30.3 Å². The van der Waals surface area contributed by atoms with Crippen molar-refractivity contribution in [3.63, 3.8) is 0 Å². The Hall–Kier alpha value is -3.04. The maximum absolute atomic E-state index is 13.0. The first-order valence-electron chi connectivity index (χ1n) is 9.42. The SMILES string of the molecule is Cc1cc(NC(=O)c2ccccc2NS(=O)(=O)c2ccc3c(c2)OCCO3)ccc1Br. The molecule has 31 heavy (non-hydrogen) atoms. The van der Waals surface area contributed by atoms with Crippen LogP contribution in [0.4, 0.5) is 11.4 Å². The lowest BCUT2D eigenvalue weighted by molar-refractivity contribution is 0.102. The first-order valence-corrected chi connectivity index (χ1v) is 11.7. The van der Waals surface area contributed by atoms with Crippen LogP contribution in [0.3, 0.4) is 0 Å². The number of fused-ring (bicyclic) bond motifs is 1. The molecule has 1 amide bonds. The van der Waals surface area contributed by atoms with Crippen LogP contribution >= 0.6 is 15.9 Å². The molecule has 0 unspecified atom stereocenters. The molecule has 9 heteroatoms. The third-order valence-electron chi connectivity index (χ3n) is 4.66. The highest BCUT2D eigenvalue weighted by Crippen LogP contribution is 2.33. The molecule has 7 nitrogen and oxygen atoms in total. The molecular weight excluding hydrogens is 484 g/mol. The van der Waals surface area contributed by atoms with E-state index in [-0.39, 0.29) is 16.1 Å². The van der Waals surface area contributed by atoms with Gasteiger partial charge in [0.25, 0.3) is 15.9 Å². The summed E-state index contributed by atoms with van der Waals surface area (Å²) >= 11 is 3.42. The van der Waals surface area contributed by atoms with Gasteiger partial charge in [-0.05, 0) is 55.0 Å². The van der Waals surface area contributed by atoms with Crippen LogP contribution in [0, 0.1) is 6.92 Å². The van der Waals surface area contributed by atoms with E-state index >= 15 is 0 Å². The van der Waals surface area contributed by atoms with E-state index in [9.17, 15) is 13.2 Å². The number of amides is 1. The van der Waals surface area contributed by atoms with Crippen LogP contribution in [-0.4, -0.2) is 27.5 Å². The third kappa shape index (κ3) is 4.67. The number of carbonyl (C=O) groups excluding carboxylic acids is 1. The van der Waals surface area contributed by atoms with Crippen molar-refractivity contribution in [2.45, 2.75) is 11.8 Å². The molecule has 0 radical (unpaired) electrons. The van der Waals surface area contributed by atoms with Gasteiger partial charge in [0.15, 0.2) is 11.5 Å². The number of aryl methyl sites for hydroxylation is 1. The molecule has 3 aromatic rings. The summed E-state index contributed by atoms with van der Waals surface area (Å²) in [5.41, 5.74) is 1.94. The van der Waals surface area contributed by atoms with Crippen LogP contribution in [0.2, 0.25) is 0 Å². The van der Waals surface area contributed by atoms with E-state index in [0.717, 1.165) is 10.0 Å². The quantitative estimate of drug-likeness (QED) is 0.532. The highest BCUT2D eigenvalue weighted by Gasteiger charge is 2.22. The Morgan fingerprint density at radius 2 is 1.71 bits per heavy atom. The maximum Gasteiger partial charge on any atom is 0.262 e. The van der Waals surface area contributed by atoms with Crippen LogP contribution < -0.4 is 19.5 Å². The molecule has 1 aliphatic rings. The van der Waals surface area contributed by atoms with Crippen molar-refractivity contribution < 1.29 is 22.7 Å².